The van der Waals surface area contributed by atoms with Crippen LogP contribution in [0.4, 0.5) is 0 Å². The summed E-state index contributed by atoms with van der Waals surface area (Å²) in [4.78, 5) is 31.0. The van der Waals surface area contributed by atoms with Gasteiger partial charge in [-0.1, -0.05) is 30.4 Å². The summed E-state index contributed by atoms with van der Waals surface area (Å²) < 4.78 is 2.09. The van der Waals surface area contributed by atoms with Gasteiger partial charge in [0.2, 0.25) is 0 Å². The first-order valence-electron chi connectivity index (χ1n) is 9.93. The number of thiophene rings is 1. The third-order valence-electron chi connectivity index (χ3n) is 5.44. The van der Waals surface area contributed by atoms with Crippen LogP contribution < -0.4 is 0 Å². The molecule has 1 saturated heterocycles. The van der Waals surface area contributed by atoms with E-state index in [1.807, 2.05) is 66.1 Å². The molecule has 0 saturated carbocycles. The number of allylic oxidation sites excluding steroid dienone is 2. The zero-order valence-electron chi connectivity index (χ0n) is 16.7. The van der Waals surface area contributed by atoms with E-state index < -0.39 is 0 Å². The van der Waals surface area contributed by atoms with Crippen LogP contribution in [0.3, 0.4) is 0 Å². The standard InChI is InChI=1S/C23H25N3O2S/c1-3-4-11-26-20(15-19-10-14-29-23(19)26)22(28)24-12-13-25(17(2)16-24)21(27)18-8-6-5-7-9-18/h3-10,14-15,17H,11-13,16H2,1-2H3/b4-3-/t17-/m0/s1. The summed E-state index contributed by atoms with van der Waals surface area (Å²) in [5.41, 5.74) is 1.42. The van der Waals surface area contributed by atoms with Crippen LogP contribution in [0, 0.1) is 0 Å². The lowest BCUT2D eigenvalue weighted by Gasteiger charge is -2.40. The molecule has 5 nitrogen and oxygen atoms in total. The number of hydrogen-bond donors (Lipinski definition) is 0. The average molecular weight is 408 g/mol. The highest BCUT2D eigenvalue weighted by Crippen LogP contribution is 2.27. The van der Waals surface area contributed by atoms with Crippen LogP contribution in [0.15, 0.2) is 60.0 Å². The third-order valence-corrected chi connectivity index (χ3v) is 6.39. The fourth-order valence-electron chi connectivity index (χ4n) is 3.90. The second-order valence-corrected chi connectivity index (χ2v) is 8.25. The van der Waals surface area contributed by atoms with E-state index in [0.29, 0.717) is 31.7 Å². The fourth-order valence-corrected chi connectivity index (χ4v) is 4.80. The zero-order chi connectivity index (χ0) is 20.4. The smallest absolute Gasteiger partial charge is 0.270 e. The van der Waals surface area contributed by atoms with Gasteiger partial charge < -0.3 is 14.4 Å². The third kappa shape index (κ3) is 3.72. The SMILES string of the molecule is C/C=C\Cn1c(C(=O)N2CCN(C(=O)c3ccccc3)[C@@H](C)C2)cc2ccsc21. The van der Waals surface area contributed by atoms with Crippen molar-refractivity contribution in [2.75, 3.05) is 19.6 Å². The van der Waals surface area contributed by atoms with Crippen LogP contribution in [0.2, 0.25) is 0 Å². The van der Waals surface area contributed by atoms with Gasteiger partial charge >= 0.3 is 0 Å². The lowest BCUT2D eigenvalue weighted by atomic mass is 10.1. The molecule has 1 aliphatic heterocycles. The van der Waals surface area contributed by atoms with Crippen molar-refractivity contribution >= 4 is 33.4 Å². The molecule has 0 N–H and O–H groups in total. The van der Waals surface area contributed by atoms with E-state index in [-0.39, 0.29) is 17.9 Å². The lowest BCUT2D eigenvalue weighted by Crippen LogP contribution is -2.55. The largest absolute Gasteiger partial charge is 0.334 e. The highest BCUT2D eigenvalue weighted by Gasteiger charge is 2.32. The Morgan fingerprint density at radius 3 is 2.66 bits per heavy atom. The van der Waals surface area contributed by atoms with Crippen LogP contribution in [-0.4, -0.2) is 51.9 Å². The molecular formula is C23H25N3O2S. The van der Waals surface area contributed by atoms with Crippen molar-refractivity contribution in [1.29, 1.82) is 0 Å². The summed E-state index contributed by atoms with van der Waals surface area (Å²) in [6.07, 6.45) is 4.07. The molecule has 150 valence electrons. The number of fused-ring (bicyclic) bond motifs is 1. The number of piperazine rings is 1. The molecule has 2 aromatic heterocycles. The van der Waals surface area contributed by atoms with E-state index in [2.05, 4.69) is 22.1 Å². The van der Waals surface area contributed by atoms with Crippen molar-refractivity contribution in [3.63, 3.8) is 0 Å². The quantitative estimate of drug-likeness (QED) is 0.607. The number of carbonyl (C=O) groups excluding carboxylic acids is 2. The summed E-state index contributed by atoms with van der Waals surface area (Å²) in [6, 6.07) is 13.4. The van der Waals surface area contributed by atoms with Gasteiger partial charge in [-0.15, -0.1) is 11.3 Å². The molecular weight excluding hydrogens is 382 g/mol. The number of carbonyl (C=O) groups is 2. The molecule has 0 radical (unpaired) electrons. The van der Waals surface area contributed by atoms with Gasteiger partial charge in [0.1, 0.15) is 10.5 Å². The summed E-state index contributed by atoms with van der Waals surface area (Å²) >= 11 is 1.66. The Hall–Kier alpha value is -2.86. The summed E-state index contributed by atoms with van der Waals surface area (Å²) in [6.45, 7) is 6.32. The van der Waals surface area contributed by atoms with E-state index >= 15 is 0 Å². The molecule has 2 amide bonds. The van der Waals surface area contributed by atoms with Gasteiger partial charge in [0.05, 0.1) is 0 Å². The number of aromatic nitrogens is 1. The van der Waals surface area contributed by atoms with Crippen LogP contribution in [0.5, 0.6) is 0 Å². The molecule has 0 unspecified atom stereocenters. The van der Waals surface area contributed by atoms with Crippen molar-refractivity contribution in [3.05, 3.63) is 71.3 Å². The predicted octanol–water partition coefficient (Wildman–Crippen LogP) is 4.27. The molecule has 1 fully saturated rings. The maximum atomic E-state index is 13.3. The van der Waals surface area contributed by atoms with Crippen molar-refractivity contribution in [2.24, 2.45) is 0 Å². The monoisotopic (exact) mass is 407 g/mol. The summed E-state index contributed by atoms with van der Waals surface area (Å²) in [5, 5.41) is 3.16. The molecule has 1 aromatic carbocycles. The van der Waals surface area contributed by atoms with Crippen molar-refractivity contribution < 1.29 is 9.59 Å². The summed E-state index contributed by atoms with van der Waals surface area (Å²) in [5.74, 6) is 0.0683. The van der Waals surface area contributed by atoms with E-state index in [9.17, 15) is 9.59 Å². The second-order valence-electron chi connectivity index (χ2n) is 7.36. The average Bonchev–Trinajstić information content (AvgIpc) is 3.33. The first kappa shape index (κ1) is 19.5. The molecule has 3 aromatic rings. The Bertz CT molecular complexity index is 1050. The van der Waals surface area contributed by atoms with Crippen LogP contribution >= 0.6 is 11.3 Å². The van der Waals surface area contributed by atoms with Gasteiger partial charge in [-0.2, -0.15) is 0 Å². The molecule has 29 heavy (non-hydrogen) atoms. The minimum absolute atomic E-state index is 0.0273. The highest BCUT2D eigenvalue weighted by atomic mass is 32.1. The molecule has 1 aliphatic rings. The topological polar surface area (TPSA) is 45.6 Å². The summed E-state index contributed by atoms with van der Waals surface area (Å²) in [7, 11) is 0. The molecule has 0 bridgehead atoms. The number of benzene rings is 1. The van der Waals surface area contributed by atoms with Gasteiger partial charge in [0.25, 0.3) is 11.8 Å². The van der Waals surface area contributed by atoms with E-state index in [0.717, 1.165) is 15.9 Å². The van der Waals surface area contributed by atoms with Crippen LogP contribution in [-0.2, 0) is 6.54 Å². The molecule has 6 heteroatoms. The maximum absolute atomic E-state index is 13.3. The maximum Gasteiger partial charge on any atom is 0.270 e. The van der Waals surface area contributed by atoms with Crippen LogP contribution in [0.25, 0.3) is 10.2 Å². The first-order chi connectivity index (χ1) is 14.1. The van der Waals surface area contributed by atoms with Crippen molar-refractivity contribution in [2.45, 2.75) is 26.4 Å². The normalized spacial score (nSPS) is 17.4. The Balaban J connectivity index is 1.52. The minimum Gasteiger partial charge on any atom is -0.334 e. The molecule has 0 spiro atoms. The number of nitrogens with zero attached hydrogens (tertiary/aromatic N) is 3. The van der Waals surface area contributed by atoms with Gasteiger partial charge in [0.15, 0.2) is 0 Å². The second kappa shape index (κ2) is 8.25. The Kier molecular flexibility index (Phi) is 5.53. The molecule has 1 atom stereocenters. The Labute approximate surface area is 174 Å². The van der Waals surface area contributed by atoms with Gasteiger partial charge in [-0.05, 0) is 43.5 Å². The minimum atomic E-state index is -0.0273. The number of rotatable bonds is 4. The molecule has 4 rings (SSSR count). The number of amides is 2. The Morgan fingerprint density at radius 1 is 1.14 bits per heavy atom. The molecule has 3 heterocycles. The van der Waals surface area contributed by atoms with Crippen molar-refractivity contribution in [3.8, 4) is 0 Å². The van der Waals surface area contributed by atoms with Gasteiger partial charge in [0, 0.05) is 43.2 Å². The van der Waals surface area contributed by atoms with Gasteiger partial charge in [-0.25, -0.2) is 0 Å². The Morgan fingerprint density at radius 2 is 1.93 bits per heavy atom. The van der Waals surface area contributed by atoms with Crippen LogP contribution in [0.1, 0.15) is 34.7 Å². The van der Waals surface area contributed by atoms with E-state index in [4.69, 9.17) is 0 Å². The first-order valence-corrected chi connectivity index (χ1v) is 10.8. The fraction of sp³-hybridized carbons (Fsp3) is 0.304. The zero-order valence-corrected chi connectivity index (χ0v) is 17.6. The highest BCUT2D eigenvalue weighted by molar-refractivity contribution is 7.16. The van der Waals surface area contributed by atoms with Gasteiger partial charge in [-0.3, -0.25) is 9.59 Å². The van der Waals surface area contributed by atoms with E-state index in [1.165, 1.54) is 0 Å². The predicted molar refractivity (Wildman–Crippen MR) is 117 cm³/mol. The molecule has 0 aliphatic carbocycles. The van der Waals surface area contributed by atoms with Crippen molar-refractivity contribution in [1.82, 2.24) is 14.4 Å². The number of hydrogen-bond acceptors (Lipinski definition) is 3. The lowest BCUT2D eigenvalue weighted by molar-refractivity contribution is 0.0409. The van der Waals surface area contributed by atoms with E-state index in [1.54, 1.807) is 11.3 Å².